The number of hydrogen-bond donors (Lipinski definition) is 3. The molecular weight excluding hydrogens is 656 g/mol. The van der Waals surface area contributed by atoms with Gasteiger partial charge in [-0.1, -0.05) is 38.1 Å². The summed E-state index contributed by atoms with van der Waals surface area (Å²) in [7, 11) is -4.08. The molecule has 0 saturated carbocycles. The Kier molecular flexibility index (Phi) is 10.9. The number of ether oxygens (including phenoxy) is 6. The molecule has 0 bridgehead atoms. The molecule has 0 radical (unpaired) electrons. The van der Waals surface area contributed by atoms with Crippen LogP contribution in [0.4, 0.5) is 4.79 Å². The molecule has 1 amide bonds. The van der Waals surface area contributed by atoms with Crippen molar-refractivity contribution < 1.29 is 51.8 Å². The van der Waals surface area contributed by atoms with Crippen LogP contribution in [0.5, 0.6) is 23.0 Å². The molecule has 3 aliphatic heterocycles. The van der Waals surface area contributed by atoms with Crippen LogP contribution in [-0.4, -0.2) is 86.7 Å². The van der Waals surface area contributed by atoms with Gasteiger partial charge < -0.3 is 44.0 Å². The summed E-state index contributed by atoms with van der Waals surface area (Å²) >= 11 is 0. The smallest absolute Gasteiger partial charge is 0.407 e. The number of carbonyl (C=O) groups excluding carboxylic acids is 1. The first-order chi connectivity index (χ1) is 23.6. The Morgan fingerprint density at radius 3 is 2.35 bits per heavy atom. The lowest BCUT2D eigenvalue weighted by Gasteiger charge is -2.31. The van der Waals surface area contributed by atoms with Gasteiger partial charge in [-0.25, -0.2) is 13.2 Å². The van der Waals surface area contributed by atoms with Crippen molar-refractivity contribution in [1.29, 1.82) is 0 Å². The van der Waals surface area contributed by atoms with Crippen LogP contribution < -0.4 is 19.5 Å². The van der Waals surface area contributed by atoms with Crippen LogP contribution in [0.25, 0.3) is 0 Å². The van der Waals surface area contributed by atoms with Crippen molar-refractivity contribution in [3.63, 3.8) is 0 Å². The van der Waals surface area contributed by atoms with Crippen molar-refractivity contribution in [1.82, 2.24) is 9.62 Å². The van der Waals surface area contributed by atoms with Crippen LogP contribution >= 0.6 is 0 Å². The third-order valence-corrected chi connectivity index (χ3v) is 10.5. The SMILES string of the molecule is CC(C)CN(C[C@@H](O)[C@H](Cc1ccc(Oc2ccc(CO)cc2)cc1)NC(=O)O[C@H]1CO[C@H]2OCC[C@H]21)S(=O)(=O)c1ccc2c(c1)OCO2. The number of nitrogens with one attached hydrogen (secondary N) is 1. The summed E-state index contributed by atoms with van der Waals surface area (Å²) in [5.41, 5.74) is 1.53. The third kappa shape index (κ3) is 8.46. The molecule has 0 aromatic heterocycles. The van der Waals surface area contributed by atoms with Crippen LogP contribution in [0, 0.1) is 11.8 Å². The zero-order valence-electron chi connectivity index (χ0n) is 27.4. The summed E-state index contributed by atoms with van der Waals surface area (Å²) in [6.45, 7) is 4.27. The largest absolute Gasteiger partial charge is 0.457 e. The molecular formula is C35H42N2O11S. The second-order valence-electron chi connectivity index (χ2n) is 12.8. The van der Waals surface area contributed by atoms with Gasteiger partial charge >= 0.3 is 6.09 Å². The van der Waals surface area contributed by atoms with E-state index >= 15 is 0 Å². The Bertz CT molecular complexity index is 1680. The molecule has 5 atom stereocenters. The number of amides is 1. The van der Waals surface area contributed by atoms with Crippen molar-refractivity contribution in [2.45, 2.75) is 62.7 Å². The first kappa shape index (κ1) is 34.9. The summed E-state index contributed by atoms with van der Waals surface area (Å²) in [5, 5.41) is 23.8. The Hall–Kier alpha value is -3.92. The van der Waals surface area contributed by atoms with Crippen molar-refractivity contribution in [3.05, 3.63) is 77.9 Å². The van der Waals surface area contributed by atoms with Gasteiger partial charge in [0, 0.05) is 19.2 Å². The molecule has 14 heteroatoms. The van der Waals surface area contributed by atoms with E-state index in [-0.39, 0.29) is 56.2 Å². The molecule has 264 valence electrons. The fourth-order valence-electron chi connectivity index (χ4n) is 6.10. The van der Waals surface area contributed by atoms with E-state index in [0.717, 1.165) is 11.1 Å². The molecule has 3 aromatic carbocycles. The number of carbonyl (C=O) groups is 1. The number of nitrogens with zero attached hydrogens (tertiary/aromatic N) is 1. The normalized spacial score (nSPS) is 21.1. The van der Waals surface area contributed by atoms with Crippen molar-refractivity contribution in [2.24, 2.45) is 11.8 Å². The Labute approximate surface area is 285 Å². The molecule has 2 fully saturated rings. The highest BCUT2D eigenvalue weighted by atomic mass is 32.2. The van der Waals surface area contributed by atoms with Crippen molar-refractivity contribution >= 4 is 16.1 Å². The summed E-state index contributed by atoms with van der Waals surface area (Å²) in [6.07, 6.45) is -2.10. The van der Waals surface area contributed by atoms with Crippen LogP contribution in [-0.2, 0) is 37.3 Å². The van der Waals surface area contributed by atoms with Gasteiger partial charge in [-0.15, -0.1) is 0 Å². The average Bonchev–Trinajstić information content (AvgIpc) is 3.84. The fraction of sp³-hybridized carbons (Fsp3) is 0.457. The standard InChI is InChI=1S/C35H42N2O11S/c1-22(2)17-37(49(41,42)27-11-12-31-32(16-27)46-21-45-31)18-30(39)29(36-35(40)48-33-20-44-34-28(33)13-14-43-34)15-23-3-7-25(8-4-23)47-26-9-5-24(19-38)6-10-26/h3-12,16,22,28-30,33-34,38-39H,13-15,17-21H2,1-2H3,(H,36,40)/t28-,29-,30+,33-,34+/m0/s1. The molecule has 3 heterocycles. The molecule has 3 aromatic rings. The molecule has 6 rings (SSSR count). The molecule has 2 saturated heterocycles. The maximum atomic E-state index is 13.9. The van der Waals surface area contributed by atoms with E-state index in [2.05, 4.69) is 5.32 Å². The van der Waals surface area contributed by atoms with Gasteiger partial charge in [-0.05, 0) is 66.3 Å². The second-order valence-corrected chi connectivity index (χ2v) is 14.7. The van der Waals surface area contributed by atoms with Gasteiger partial charge in [0.1, 0.15) is 17.6 Å². The van der Waals surface area contributed by atoms with Gasteiger partial charge in [0.25, 0.3) is 0 Å². The fourth-order valence-corrected chi connectivity index (χ4v) is 7.74. The highest BCUT2D eigenvalue weighted by Crippen LogP contribution is 2.35. The number of hydrogen-bond acceptors (Lipinski definition) is 11. The van der Waals surface area contributed by atoms with E-state index < -0.39 is 40.7 Å². The van der Waals surface area contributed by atoms with Crippen LogP contribution in [0.2, 0.25) is 0 Å². The zero-order valence-corrected chi connectivity index (χ0v) is 28.2. The second kappa shape index (κ2) is 15.3. The first-order valence-electron chi connectivity index (χ1n) is 16.3. The lowest BCUT2D eigenvalue weighted by molar-refractivity contribution is -0.0907. The van der Waals surface area contributed by atoms with Gasteiger partial charge in [0.05, 0.1) is 42.8 Å². The number of aliphatic hydroxyl groups is 2. The summed E-state index contributed by atoms with van der Waals surface area (Å²) in [4.78, 5) is 13.3. The van der Waals surface area contributed by atoms with Crippen LogP contribution in [0.15, 0.2) is 71.6 Å². The Morgan fingerprint density at radius 2 is 1.65 bits per heavy atom. The van der Waals surface area contributed by atoms with Gasteiger partial charge in [-0.2, -0.15) is 4.31 Å². The number of rotatable bonds is 14. The van der Waals surface area contributed by atoms with Crippen LogP contribution in [0.3, 0.4) is 0 Å². The van der Waals surface area contributed by atoms with Gasteiger partial charge in [0.15, 0.2) is 17.8 Å². The van der Waals surface area contributed by atoms with E-state index in [1.807, 2.05) is 26.0 Å². The number of fused-ring (bicyclic) bond motifs is 2. The molecule has 49 heavy (non-hydrogen) atoms. The minimum atomic E-state index is -4.08. The minimum absolute atomic E-state index is 0.00292. The predicted octanol–water partition coefficient (Wildman–Crippen LogP) is 3.81. The molecule has 3 N–H and O–H groups in total. The molecule has 0 unspecified atom stereocenters. The summed E-state index contributed by atoms with van der Waals surface area (Å²) in [6, 6.07) is 17.7. The number of aliphatic hydroxyl groups excluding tert-OH is 2. The lowest BCUT2D eigenvalue weighted by Crippen LogP contribution is -2.51. The van der Waals surface area contributed by atoms with E-state index in [4.69, 9.17) is 28.4 Å². The minimum Gasteiger partial charge on any atom is -0.457 e. The van der Waals surface area contributed by atoms with Crippen LogP contribution in [0.1, 0.15) is 31.4 Å². The number of benzene rings is 3. The number of sulfonamides is 1. The predicted molar refractivity (Wildman–Crippen MR) is 176 cm³/mol. The maximum absolute atomic E-state index is 13.9. The van der Waals surface area contributed by atoms with Gasteiger partial charge in [0.2, 0.25) is 16.8 Å². The maximum Gasteiger partial charge on any atom is 0.407 e. The Morgan fingerprint density at radius 1 is 0.959 bits per heavy atom. The third-order valence-electron chi connectivity index (χ3n) is 8.67. The van der Waals surface area contributed by atoms with E-state index in [0.29, 0.717) is 36.0 Å². The van der Waals surface area contributed by atoms with Crippen molar-refractivity contribution in [2.75, 3.05) is 33.1 Å². The topological polar surface area (TPSA) is 162 Å². The summed E-state index contributed by atoms with van der Waals surface area (Å²) < 4.78 is 62.6. The van der Waals surface area contributed by atoms with Crippen molar-refractivity contribution in [3.8, 4) is 23.0 Å². The molecule has 3 aliphatic rings. The highest BCUT2D eigenvalue weighted by molar-refractivity contribution is 7.89. The van der Waals surface area contributed by atoms with E-state index in [9.17, 15) is 23.4 Å². The monoisotopic (exact) mass is 698 g/mol. The van der Waals surface area contributed by atoms with E-state index in [1.54, 1.807) is 42.5 Å². The lowest BCUT2D eigenvalue weighted by atomic mass is 10.0. The Balaban J connectivity index is 1.19. The zero-order chi connectivity index (χ0) is 34.5. The summed E-state index contributed by atoms with van der Waals surface area (Å²) in [5.74, 6) is 1.81. The molecule has 0 aliphatic carbocycles. The number of alkyl carbamates (subject to hydrolysis) is 1. The van der Waals surface area contributed by atoms with E-state index in [1.165, 1.54) is 16.4 Å². The molecule has 13 nitrogen and oxygen atoms in total. The quantitative estimate of drug-likeness (QED) is 0.225. The average molecular weight is 699 g/mol. The molecule has 0 spiro atoms. The first-order valence-corrected chi connectivity index (χ1v) is 17.8. The van der Waals surface area contributed by atoms with Gasteiger partial charge in [-0.3, -0.25) is 0 Å². The highest BCUT2D eigenvalue weighted by Gasteiger charge is 2.44.